The van der Waals surface area contributed by atoms with Crippen molar-refractivity contribution in [2.45, 2.75) is 23.6 Å². The quantitative estimate of drug-likeness (QED) is 0.113. The van der Waals surface area contributed by atoms with Gasteiger partial charge in [0.25, 0.3) is 0 Å². The molecule has 14 heteroatoms. The minimum atomic E-state index is -4.08. The largest absolute Gasteiger partial charge is 0.379 e. The number of hydrogen-bond acceptors (Lipinski definition) is 8. The van der Waals surface area contributed by atoms with Gasteiger partial charge in [0.15, 0.2) is 0 Å². The SMILES string of the molecule is Cc1ccccc1S(=O)(=O)Oc1cccc(NC(=O)Nc2ccc(NC(=O)Nc3cccc(OS(=O)(=O)c4ccccc4C)c3)cc2)c1. The number of hydrogen-bond donors (Lipinski definition) is 4. The summed E-state index contributed by atoms with van der Waals surface area (Å²) in [5.41, 5.74) is 2.49. The molecule has 48 heavy (non-hydrogen) atoms. The normalized spacial score (nSPS) is 11.2. The molecule has 0 fully saturated rings. The molecule has 246 valence electrons. The molecule has 0 saturated carbocycles. The second-order valence-electron chi connectivity index (χ2n) is 10.4. The Bertz CT molecular complexity index is 2030. The zero-order chi connectivity index (χ0) is 34.3. The third kappa shape index (κ3) is 8.69. The molecule has 0 radical (unpaired) electrons. The summed E-state index contributed by atoms with van der Waals surface area (Å²) in [5, 5.41) is 10.5. The number of carbonyl (C=O) groups is 2. The van der Waals surface area contributed by atoms with Crippen molar-refractivity contribution in [1.29, 1.82) is 0 Å². The highest BCUT2D eigenvalue weighted by atomic mass is 32.2. The minimum absolute atomic E-state index is 0.0244. The summed E-state index contributed by atoms with van der Waals surface area (Å²) in [4.78, 5) is 25.3. The summed E-state index contributed by atoms with van der Waals surface area (Å²) in [5.74, 6) is 0.0487. The Kier molecular flexibility index (Phi) is 9.96. The van der Waals surface area contributed by atoms with E-state index in [0.29, 0.717) is 33.9 Å². The first-order valence-corrected chi connectivity index (χ1v) is 17.2. The lowest BCUT2D eigenvalue weighted by Gasteiger charge is -2.12. The number of nitrogens with one attached hydrogen (secondary N) is 4. The van der Waals surface area contributed by atoms with E-state index < -0.39 is 32.3 Å². The van der Waals surface area contributed by atoms with Gasteiger partial charge in [-0.1, -0.05) is 48.5 Å². The topological polar surface area (TPSA) is 169 Å². The standard InChI is InChI=1S/C34H30N4O8S2/c1-23-9-3-5-15-31(23)47(41,42)45-29-13-7-11-27(21-29)37-33(39)35-25-17-19-26(20-18-25)36-34(40)38-28-12-8-14-30(22-28)46-48(43,44)32-16-6-4-10-24(32)2/h3-22H,1-2H3,(H2,35,37,39)(H2,36,38,40). The zero-order valence-corrected chi connectivity index (χ0v) is 27.3. The maximum atomic E-state index is 12.7. The van der Waals surface area contributed by atoms with Crippen molar-refractivity contribution in [1.82, 2.24) is 0 Å². The molecule has 0 unspecified atom stereocenters. The second-order valence-corrected chi connectivity index (χ2v) is 13.4. The monoisotopic (exact) mass is 686 g/mol. The lowest BCUT2D eigenvalue weighted by Crippen LogP contribution is -2.20. The van der Waals surface area contributed by atoms with Crippen LogP contribution in [0, 0.1) is 13.8 Å². The molecule has 0 aliphatic heterocycles. The van der Waals surface area contributed by atoms with E-state index in [9.17, 15) is 26.4 Å². The van der Waals surface area contributed by atoms with Gasteiger partial charge < -0.3 is 29.6 Å². The highest BCUT2D eigenvalue weighted by Gasteiger charge is 2.20. The second kappa shape index (κ2) is 14.3. The molecular weight excluding hydrogens is 657 g/mol. The van der Waals surface area contributed by atoms with Crippen molar-refractivity contribution in [3.8, 4) is 11.5 Å². The molecule has 4 amide bonds. The molecule has 5 aromatic rings. The predicted molar refractivity (Wildman–Crippen MR) is 183 cm³/mol. The smallest absolute Gasteiger partial charge is 0.339 e. The maximum absolute atomic E-state index is 12.7. The molecular formula is C34H30N4O8S2. The van der Waals surface area contributed by atoms with Crippen LogP contribution in [0.5, 0.6) is 11.5 Å². The molecule has 5 rings (SSSR count). The molecule has 0 heterocycles. The molecule has 12 nitrogen and oxygen atoms in total. The third-order valence-electron chi connectivity index (χ3n) is 6.72. The fourth-order valence-electron chi connectivity index (χ4n) is 4.49. The third-order valence-corrected chi connectivity index (χ3v) is 9.54. The molecule has 0 saturated heterocycles. The van der Waals surface area contributed by atoms with Gasteiger partial charge in [-0.15, -0.1) is 0 Å². The maximum Gasteiger partial charge on any atom is 0.339 e. The summed E-state index contributed by atoms with van der Waals surface area (Å²) in [6.45, 7) is 3.33. The van der Waals surface area contributed by atoms with Gasteiger partial charge in [0.2, 0.25) is 0 Å². The molecule has 0 aliphatic carbocycles. The van der Waals surface area contributed by atoms with Crippen LogP contribution in [-0.4, -0.2) is 28.9 Å². The lowest BCUT2D eigenvalue weighted by molar-refractivity contribution is 0.261. The van der Waals surface area contributed by atoms with E-state index in [-0.39, 0.29) is 21.3 Å². The first-order chi connectivity index (χ1) is 22.9. The Morgan fingerprint density at radius 1 is 0.458 bits per heavy atom. The van der Waals surface area contributed by atoms with Crippen molar-refractivity contribution in [3.63, 3.8) is 0 Å². The van der Waals surface area contributed by atoms with E-state index in [1.54, 1.807) is 98.8 Å². The first-order valence-electron chi connectivity index (χ1n) is 14.3. The molecule has 0 atom stereocenters. The number of aryl methyl sites for hydroxylation is 2. The Hall–Kier alpha value is -5.86. The fraction of sp³-hybridized carbons (Fsp3) is 0.0588. The van der Waals surface area contributed by atoms with Gasteiger partial charge in [0.05, 0.1) is 0 Å². The van der Waals surface area contributed by atoms with Crippen LogP contribution >= 0.6 is 0 Å². The number of benzene rings is 5. The van der Waals surface area contributed by atoms with Gasteiger partial charge >= 0.3 is 32.3 Å². The summed E-state index contributed by atoms with van der Waals surface area (Å²) < 4.78 is 61.4. The van der Waals surface area contributed by atoms with E-state index in [2.05, 4.69) is 21.3 Å². The van der Waals surface area contributed by atoms with Gasteiger partial charge in [-0.05, 0) is 85.6 Å². The van der Waals surface area contributed by atoms with E-state index >= 15 is 0 Å². The van der Waals surface area contributed by atoms with Crippen LogP contribution < -0.4 is 29.6 Å². The van der Waals surface area contributed by atoms with Crippen LogP contribution in [0.1, 0.15) is 11.1 Å². The van der Waals surface area contributed by atoms with Crippen LogP contribution in [0.15, 0.2) is 131 Å². The van der Waals surface area contributed by atoms with Crippen LogP contribution in [0.2, 0.25) is 0 Å². The van der Waals surface area contributed by atoms with E-state index in [1.807, 2.05) is 0 Å². The molecule has 5 aromatic carbocycles. The number of urea groups is 2. The number of rotatable bonds is 10. The number of carbonyl (C=O) groups excluding carboxylic acids is 2. The number of anilines is 4. The number of amides is 4. The molecule has 0 aromatic heterocycles. The predicted octanol–water partition coefficient (Wildman–Crippen LogP) is 7.13. The zero-order valence-electron chi connectivity index (χ0n) is 25.6. The van der Waals surface area contributed by atoms with Gasteiger partial charge in [0.1, 0.15) is 21.3 Å². The fourth-order valence-corrected chi connectivity index (χ4v) is 6.80. The van der Waals surface area contributed by atoms with Gasteiger partial charge in [0, 0.05) is 34.9 Å². The van der Waals surface area contributed by atoms with Crippen molar-refractivity contribution in [2.75, 3.05) is 21.3 Å². The van der Waals surface area contributed by atoms with Crippen LogP contribution in [0.4, 0.5) is 32.3 Å². The average molecular weight is 687 g/mol. The molecule has 0 bridgehead atoms. The average Bonchev–Trinajstić information content (AvgIpc) is 3.02. The van der Waals surface area contributed by atoms with Crippen molar-refractivity contribution in [2.24, 2.45) is 0 Å². The van der Waals surface area contributed by atoms with Crippen LogP contribution in [-0.2, 0) is 20.2 Å². The van der Waals surface area contributed by atoms with Crippen LogP contribution in [0.25, 0.3) is 0 Å². The Balaban J connectivity index is 1.13. The highest BCUT2D eigenvalue weighted by Crippen LogP contribution is 2.26. The van der Waals surface area contributed by atoms with E-state index in [4.69, 9.17) is 8.37 Å². The summed E-state index contributed by atoms with van der Waals surface area (Å²) in [7, 11) is -8.16. The van der Waals surface area contributed by atoms with Crippen molar-refractivity contribution >= 4 is 55.0 Å². The molecule has 4 N–H and O–H groups in total. The van der Waals surface area contributed by atoms with Crippen molar-refractivity contribution in [3.05, 3.63) is 132 Å². The van der Waals surface area contributed by atoms with E-state index in [1.165, 1.54) is 36.4 Å². The van der Waals surface area contributed by atoms with Gasteiger partial charge in [-0.2, -0.15) is 16.8 Å². The molecule has 0 spiro atoms. The first kappa shape index (κ1) is 33.5. The van der Waals surface area contributed by atoms with Gasteiger partial charge in [-0.25, -0.2) is 9.59 Å². The van der Waals surface area contributed by atoms with Crippen molar-refractivity contribution < 1.29 is 34.8 Å². The summed E-state index contributed by atoms with van der Waals surface area (Å²) >= 11 is 0. The Morgan fingerprint density at radius 2 is 0.812 bits per heavy atom. The van der Waals surface area contributed by atoms with E-state index in [0.717, 1.165) is 0 Å². The summed E-state index contributed by atoms with van der Waals surface area (Å²) in [6.07, 6.45) is 0. The van der Waals surface area contributed by atoms with Crippen LogP contribution in [0.3, 0.4) is 0 Å². The molecule has 0 aliphatic rings. The Morgan fingerprint density at radius 3 is 1.19 bits per heavy atom. The minimum Gasteiger partial charge on any atom is -0.379 e. The van der Waals surface area contributed by atoms with Gasteiger partial charge in [-0.3, -0.25) is 0 Å². The highest BCUT2D eigenvalue weighted by molar-refractivity contribution is 7.87. The lowest BCUT2D eigenvalue weighted by atomic mass is 10.2. The summed E-state index contributed by atoms with van der Waals surface area (Å²) in [6, 6.07) is 29.9. The Labute approximate surface area is 278 Å².